The molecule has 0 fully saturated rings. The highest BCUT2D eigenvalue weighted by Gasteiger charge is 1.98. The first kappa shape index (κ1) is 8.69. The maximum absolute atomic E-state index is 5.72. The van der Waals surface area contributed by atoms with Crippen molar-refractivity contribution in [2.45, 2.75) is 6.92 Å². The van der Waals surface area contributed by atoms with Crippen LogP contribution in [0.2, 0.25) is 10.0 Å². The third-order valence-corrected chi connectivity index (χ3v) is 1.88. The van der Waals surface area contributed by atoms with Gasteiger partial charge >= 0.3 is 0 Å². The largest absolute Gasteiger partial charge is 0.487 e. The maximum atomic E-state index is 5.72. The standard InChI is InChI=1S/C8H7Cl2O/c1-2-11-6-3-4-7(9)8(10)5-6/h2-5H,1H3. The van der Waals surface area contributed by atoms with E-state index in [4.69, 9.17) is 27.9 Å². The molecule has 0 aliphatic rings. The van der Waals surface area contributed by atoms with Gasteiger partial charge in [0.2, 0.25) is 0 Å². The van der Waals surface area contributed by atoms with Crippen molar-refractivity contribution in [3.05, 3.63) is 34.9 Å². The summed E-state index contributed by atoms with van der Waals surface area (Å²) in [5.41, 5.74) is 0. The smallest absolute Gasteiger partial charge is 0.132 e. The first-order valence-electron chi connectivity index (χ1n) is 3.13. The zero-order chi connectivity index (χ0) is 8.27. The van der Waals surface area contributed by atoms with Gasteiger partial charge in [-0.3, -0.25) is 0 Å². The molecule has 1 rings (SSSR count). The molecule has 0 aliphatic carbocycles. The van der Waals surface area contributed by atoms with E-state index >= 15 is 0 Å². The molecule has 0 atom stereocenters. The molecule has 1 nitrogen and oxygen atoms in total. The van der Waals surface area contributed by atoms with Crippen LogP contribution < -0.4 is 4.74 Å². The third kappa shape index (κ3) is 2.28. The average Bonchev–Trinajstić information content (AvgIpc) is 1.98. The molecule has 1 radical (unpaired) electrons. The molecule has 0 unspecified atom stereocenters. The minimum absolute atomic E-state index is 0.506. The molecule has 0 N–H and O–H groups in total. The zero-order valence-corrected chi connectivity index (χ0v) is 7.49. The number of rotatable bonds is 2. The summed E-state index contributed by atoms with van der Waals surface area (Å²) in [7, 11) is 0. The van der Waals surface area contributed by atoms with E-state index in [1.165, 1.54) is 0 Å². The van der Waals surface area contributed by atoms with Gasteiger partial charge in [0.05, 0.1) is 10.0 Å². The van der Waals surface area contributed by atoms with E-state index in [1.54, 1.807) is 31.7 Å². The molecule has 11 heavy (non-hydrogen) atoms. The lowest BCUT2D eigenvalue weighted by Gasteiger charge is -2.02. The van der Waals surface area contributed by atoms with Crippen molar-refractivity contribution in [1.29, 1.82) is 0 Å². The molecule has 0 aromatic heterocycles. The molecular weight excluding hydrogens is 183 g/mol. The lowest BCUT2D eigenvalue weighted by atomic mass is 10.3. The molecule has 0 aliphatic heterocycles. The van der Waals surface area contributed by atoms with E-state index in [1.807, 2.05) is 0 Å². The van der Waals surface area contributed by atoms with Crippen molar-refractivity contribution in [1.82, 2.24) is 0 Å². The highest BCUT2D eigenvalue weighted by molar-refractivity contribution is 6.42. The van der Waals surface area contributed by atoms with Crippen molar-refractivity contribution < 1.29 is 4.74 Å². The zero-order valence-electron chi connectivity index (χ0n) is 5.97. The highest BCUT2D eigenvalue weighted by Crippen LogP contribution is 2.26. The predicted octanol–water partition coefficient (Wildman–Crippen LogP) is 3.55. The van der Waals surface area contributed by atoms with Crippen LogP contribution in [0.15, 0.2) is 18.2 Å². The minimum atomic E-state index is 0.506. The van der Waals surface area contributed by atoms with Crippen molar-refractivity contribution >= 4 is 23.2 Å². The summed E-state index contributed by atoms with van der Waals surface area (Å²) in [4.78, 5) is 0. The van der Waals surface area contributed by atoms with Gasteiger partial charge in [0.15, 0.2) is 0 Å². The van der Waals surface area contributed by atoms with E-state index in [2.05, 4.69) is 0 Å². The molecule has 0 spiro atoms. The Morgan fingerprint density at radius 3 is 2.55 bits per heavy atom. The second kappa shape index (κ2) is 3.84. The fraction of sp³-hybridized carbons (Fsp3) is 0.125. The molecule has 1 aromatic rings. The second-order valence-corrected chi connectivity index (χ2v) is 2.74. The Labute approximate surface area is 75.9 Å². The van der Waals surface area contributed by atoms with Crippen LogP contribution in [0, 0.1) is 6.61 Å². The number of hydrogen-bond acceptors (Lipinski definition) is 1. The van der Waals surface area contributed by atoms with Gasteiger partial charge in [0.25, 0.3) is 0 Å². The molecule has 3 heteroatoms. The predicted molar refractivity (Wildman–Crippen MR) is 47.1 cm³/mol. The summed E-state index contributed by atoms with van der Waals surface area (Å²) in [6.07, 6.45) is 0. The van der Waals surface area contributed by atoms with Gasteiger partial charge in [-0.2, -0.15) is 0 Å². The average molecular weight is 190 g/mol. The normalized spacial score (nSPS) is 9.73. The van der Waals surface area contributed by atoms with E-state index in [-0.39, 0.29) is 0 Å². The quantitative estimate of drug-likeness (QED) is 0.692. The Morgan fingerprint density at radius 1 is 1.27 bits per heavy atom. The molecule has 0 saturated carbocycles. The van der Waals surface area contributed by atoms with Crippen molar-refractivity contribution in [2.75, 3.05) is 0 Å². The Bertz CT molecular complexity index is 248. The van der Waals surface area contributed by atoms with Crippen LogP contribution in [0.1, 0.15) is 6.92 Å². The van der Waals surface area contributed by atoms with Crippen LogP contribution in [0.3, 0.4) is 0 Å². The van der Waals surface area contributed by atoms with E-state index in [0.717, 1.165) is 0 Å². The Hall–Kier alpha value is -0.400. The van der Waals surface area contributed by atoms with Crippen LogP contribution in [-0.2, 0) is 0 Å². The first-order chi connectivity index (χ1) is 5.24. The fourth-order valence-electron chi connectivity index (χ4n) is 0.686. The van der Waals surface area contributed by atoms with Gasteiger partial charge < -0.3 is 4.74 Å². The first-order valence-corrected chi connectivity index (χ1v) is 3.89. The van der Waals surface area contributed by atoms with E-state index < -0.39 is 0 Å². The SMILES string of the molecule is C[CH]Oc1ccc(Cl)c(Cl)c1. The van der Waals surface area contributed by atoms with Gasteiger partial charge in [-0.25, -0.2) is 0 Å². The fourth-order valence-corrected chi connectivity index (χ4v) is 0.974. The monoisotopic (exact) mass is 189 g/mol. The van der Waals surface area contributed by atoms with Crippen LogP contribution in [-0.4, -0.2) is 0 Å². The summed E-state index contributed by atoms with van der Waals surface area (Å²) < 4.78 is 5.07. The number of ether oxygens (including phenoxy) is 1. The molecule has 1 aromatic carbocycles. The number of hydrogen-bond donors (Lipinski definition) is 0. The van der Waals surface area contributed by atoms with Crippen molar-refractivity contribution in [3.8, 4) is 5.75 Å². The molecule has 59 valence electrons. The van der Waals surface area contributed by atoms with Gasteiger partial charge in [-0.05, 0) is 19.1 Å². The highest BCUT2D eigenvalue weighted by atomic mass is 35.5. The Morgan fingerprint density at radius 2 is 2.00 bits per heavy atom. The Balaban J connectivity index is 2.86. The summed E-state index contributed by atoms with van der Waals surface area (Å²) >= 11 is 11.4. The van der Waals surface area contributed by atoms with Crippen LogP contribution in [0.25, 0.3) is 0 Å². The number of benzene rings is 1. The topological polar surface area (TPSA) is 9.23 Å². The molecule has 0 bridgehead atoms. The van der Waals surface area contributed by atoms with Gasteiger partial charge in [0, 0.05) is 6.07 Å². The molecular formula is C8H7Cl2O. The van der Waals surface area contributed by atoms with Crippen LogP contribution in [0.4, 0.5) is 0 Å². The maximum Gasteiger partial charge on any atom is 0.132 e. The van der Waals surface area contributed by atoms with Gasteiger partial charge in [0.1, 0.15) is 12.4 Å². The van der Waals surface area contributed by atoms with Crippen LogP contribution >= 0.6 is 23.2 Å². The van der Waals surface area contributed by atoms with Crippen molar-refractivity contribution in [3.63, 3.8) is 0 Å². The second-order valence-electron chi connectivity index (χ2n) is 1.93. The van der Waals surface area contributed by atoms with E-state index in [9.17, 15) is 0 Å². The molecule has 0 heterocycles. The summed E-state index contributed by atoms with van der Waals surface area (Å²) in [5, 5.41) is 1.04. The molecule has 0 saturated heterocycles. The Kier molecular flexibility index (Phi) is 3.03. The lowest BCUT2D eigenvalue weighted by Crippen LogP contribution is -1.84. The third-order valence-electron chi connectivity index (χ3n) is 1.14. The minimum Gasteiger partial charge on any atom is -0.487 e. The van der Waals surface area contributed by atoms with Gasteiger partial charge in [-0.1, -0.05) is 23.2 Å². The summed E-state index contributed by atoms with van der Waals surface area (Å²) in [5.74, 6) is 0.696. The van der Waals surface area contributed by atoms with Gasteiger partial charge in [-0.15, -0.1) is 0 Å². The lowest BCUT2D eigenvalue weighted by molar-refractivity contribution is 0.416. The number of halogens is 2. The molecule has 0 amide bonds. The summed E-state index contributed by atoms with van der Waals surface area (Å²) in [6, 6.07) is 5.13. The van der Waals surface area contributed by atoms with E-state index in [0.29, 0.717) is 15.8 Å². The van der Waals surface area contributed by atoms with Crippen LogP contribution in [0.5, 0.6) is 5.75 Å². The summed E-state index contributed by atoms with van der Waals surface area (Å²) in [6.45, 7) is 3.38. The van der Waals surface area contributed by atoms with Crippen molar-refractivity contribution in [2.24, 2.45) is 0 Å².